The molecule has 2 bridgehead atoms. The summed E-state index contributed by atoms with van der Waals surface area (Å²) in [6.07, 6.45) is 8.89. The zero-order valence-electron chi connectivity index (χ0n) is 24.8. The van der Waals surface area contributed by atoms with Gasteiger partial charge in [0.1, 0.15) is 41.1 Å². The maximum atomic E-state index is 15.4. The van der Waals surface area contributed by atoms with Crippen LogP contribution in [-0.2, 0) is 4.74 Å². The molecule has 4 aromatic heterocycles. The molecule has 2 atom stereocenters. The molecule has 0 aliphatic carbocycles. The van der Waals surface area contributed by atoms with Gasteiger partial charge in [-0.2, -0.15) is 5.10 Å². The Balaban J connectivity index is 1.14. The third-order valence-corrected chi connectivity index (χ3v) is 7.81. The quantitative estimate of drug-likeness (QED) is 0.240. The summed E-state index contributed by atoms with van der Waals surface area (Å²) in [4.78, 5) is 32.6. The number of amides is 1. The third kappa shape index (κ3) is 5.27. The summed E-state index contributed by atoms with van der Waals surface area (Å²) in [5.74, 6) is 0.776. The average Bonchev–Trinajstić information content (AvgIpc) is 3.55. The van der Waals surface area contributed by atoms with Crippen LogP contribution in [0, 0.1) is 12.7 Å². The van der Waals surface area contributed by atoms with Crippen LogP contribution in [0.15, 0.2) is 61.3 Å². The standard InChI is InChI=1S/C32H31FN8O3/c1-18-11-26(23(33)15-27(18)43-22-9-10-40-28(14-22)35-17-37-40)39-30-29-25(34-16-36-30)8-7-24(38-29)19-12-20-5-6-21(13-19)41(20)31(42)44-32(2,3)4/h7-12,14-17,20-21H,5-6,13H2,1-4H3,(H,34,36,39)/t20-,21+/m1/s1. The van der Waals surface area contributed by atoms with Gasteiger partial charge in [-0.05, 0) is 82.4 Å². The smallest absolute Gasteiger partial charge is 0.411 e. The lowest BCUT2D eigenvalue weighted by atomic mass is 9.98. The van der Waals surface area contributed by atoms with Gasteiger partial charge in [-0.15, -0.1) is 0 Å². The van der Waals surface area contributed by atoms with Crippen LogP contribution in [0.3, 0.4) is 0 Å². The molecule has 1 saturated heterocycles. The minimum absolute atomic E-state index is 0.0446. The molecule has 11 nitrogen and oxygen atoms in total. The lowest BCUT2D eigenvalue weighted by Gasteiger charge is -2.35. The van der Waals surface area contributed by atoms with Crippen molar-refractivity contribution in [3.8, 4) is 11.5 Å². The van der Waals surface area contributed by atoms with Crippen molar-refractivity contribution in [1.29, 1.82) is 0 Å². The largest absolute Gasteiger partial charge is 0.457 e. The number of aryl methyl sites for hydroxylation is 1. The molecule has 0 unspecified atom stereocenters. The van der Waals surface area contributed by atoms with Gasteiger partial charge in [0.05, 0.1) is 22.9 Å². The van der Waals surface area contributed by atoms with Gasteiger partial charge in [-0.3, -0.25) is 4.90 Å². The number of anilines is 2. The molecule has 0 radical (unpaired) electrons. The van der Waals surface area contributed by atoms with Gasteiger partial charge < -0.3 is 14.8 Å². The number of hydrogen-bond donors (Lipinski definition) is 1. The van der Waals surface area contributed by atoms with E-state index < -0.39 is 11.4 Å². The molecule has 0 spiro atoms. The highest BCUT2D eigenvalue weighted by Crippen LogP contribution is 2.40. The number of pyridine rings is 2. The van der Waals surface area contributed by atoms with Crippen molar-refractivity contribution in [3.05, 3.63) is 78.4 Å². The minimum Gasteiger partial charge on any atom is -0.457 e. The van der Waals surface area contributed by atoms with Gasteiger partial charge in [0.2, 0.25) is 0 Å². The van der Waals surface area contributed by atoms with Gasteiger partial charge >= 0.3 is 6.09 Å². The molecular weight excluding hydrogens is 563 g/mol. The molecule has 0 saturated carbocycles. The first-order chi connectivity index (χ1) is 21.1. The van der Waals surface area contributed by atoms with Crippen molar-refractivity contribution in [2.75, 3.05) is 5.32 Å². The number of benzene rings is 1. The number of hydrogen-bond acceptors (Lipinski definition) is 9. The summed E-state index contributed by atoms with van der Waals surface area (Å²) in [5, 5.41) is 7.19. The maximum absolute atomic E-state index is 15.4. The number of carbonyl (C=O) groups excluding carboxylic acids is 1. The molecule has 1 N–H and O–H groups in total. The number of aromatic nitrogens is 6. The Labute approximate surface area is 252 Å². The molecule has 5 aromatic rings. The number of nitrogens with zero attached hydrogens (tertiary/aromatic N) is 7. The lowest BCUT2D eigenvalue weighted by molar-refractivity contribution is 0.0175. The highest BCUT2D eigenvalue weighted by atomic mass is 19.1. The summed E-state index contributed by atoms with van der Waals surface area (Å²) in [7, 11) is 0. The predicted molar refractivity (Wildman–Crippen MR) is 162 cm³/mol. The SMILES string of the molecule is Cc1cc(Nc2ncnc3ccc(C4=C[C@H]5CC[C@@H](C4)N5C(=O)OC(C)(C)C)nc23)c(F)cc1Oc1ccn2ncnc2c1. The number of carbonyl (C=O) groups is 1. The monoisotopic (exact) mass is 594 g/mol. The Bertz CT molecular complexity index is 1950. The summed E-state index contributed by atoms with van der Waals surface area (Å²) in [6.45, 7) is 7.47. The van der Waals surface area contributed by atoms with Crippen molar-refractivity contribution < 1.29 is 18.7 Å². The van der Waals surface area contributed by atoms with E-state index in [2.05, 4.69) is 31.4 Å². The fourth-order valence-electron chi connectivity index (χ4n) is 5.81. The van der Waals surface area contributed by atoms with Crippen LogP contribution >= 0.6 is 0 Å². The average molecular weight is 595 g/mol. The van der Waals surface area contributed by atoms with E-state index in [-0.39, 0.29) is 23.9 Å². The van der Waals surface area contributed by atoms with E-state index in [0.29, 0.717) is 40.4 Å². The maximum Gasteiger partial charge on any atom is 0.411 e. The minimum atomic E-state index is -0.553. The fraction of sp³-hybridized carbons (Fsp3) is 0.312. The van der Waals surface area contributed by atoms with Gasteiger partial charge in [-0.25, -0.2) is 33.6 Å². The lowest BCUT2D eigenvalue weighted by Crippen LogP contribution is -2.45. The summed E-state index contributed by atoms with van der Waals surface area (Å²) >= 11 is 0. The van der Waals surface area contributed by atoms with Crippen LogP contribution in [0.4, 0.5) is 20.7 Å². The number of ether oxygens (including phenoxy) is 2. The molecule has 2 aliphatic heterocycles. The van der Waals surface area contributed by atoms with E-state index in [1.165, 1.54) is 18.7 Å². The normalized spacial score (nSPS) is 18.0. The number of fused-ring (bicyclic) bond motifs is 4. The topological polar surface area (TPSA) is 120 Å². The van der Waals surface area contributed by atoms with Crippen LogP contribution in [0.1, 0.15) is 51.3 Å². The number of rotatable bonds is 5. The first kappa shape index (κ1) is 27.7. The van der Waals surface area contributed by atoms with E-state index >= 15 is 4.39 Å². The summed E-state index contributed by atoms with van der Waals surface area (Å²) in [5.41, 5.74) is 4.01. The second kappa shape index (κ2) is 10.5. The molecule has 44 heavy (non-hydrogen) atoms. The molecule has 1 amide bonds. The summed E-state index contributed by atoms with van der Waals surface area (Å²) < 4.78 is 28.7. The van der Waals surface area contributed by atoms with E-state index in [1.54, 1.807) is 28.9 Å². The Morgan fingerprint density at radius 3 is 2.75 bits per heavy atom. The van der Waals surface area contributed by atoms with E-state index in [1.807, 2.05) is 44.7 Å². The molecule has 224 valence electrons. The highest BCUT2D eigenvalue weighted by molar-refractivity contribution is 5.88. The summed E-state index contributed by atoms with van der Waals surface area (Å²) in [6, 6.07) is 10.3. The van der Waals surface area contributed by atoms with Gasteiger partial charge in [0.15, 0.2) is 11.5 Å². The van der Waals surface area contributed by atoms with Crippen molar-refractivity contribution in [2.45, 2.75) is 64.6 Å². The van der Waals surface area contributed by atoms with Crippen LogP contribution in [0.5, 0.6) is 11.5 Å². The fourth-order valence-corrected chi connectivity index (χ4v) is 5.81. The van der Waals surface area contributed by atoms with Crippen molar-refractivity contribution in [1.82, 2.24) is 34.4 Å². The first-order valence-corrected chi connectivity index (χ1v) is 14.5. The van der Waals surface area contributed by atoms with Crippen LogP contribution in [0.25, 0.3) is 22.3 Å². The zero-order valence-corrected chi connectivity index (χ0v) is 24.8. The van der Waals surface area contributed by atoms with Crippen LogP contribution < -0.4 is 10.1 Å². The molecule has 2 aliphatic rings. The Morgan fingerprint density at radius 2 is 1.93 bits per heavy atom. The Kier molecular flexibility index (Phi) is 6.64. The first-order valence-electron chi connectivity index (χ1n) is 14.5. The molecule has 12 heteroatoms. The van der Waals surface area contributed by atoms with Crippen molar-refractivity contribution in [3.63, 3.8) is 0 Å². The van der Waals surface area contributed by atoms with Crippen LogP contribution in [0.2, 0.25) is 0 Å². The van der Waals surface area contributed by atoms with Crippen LogP contribution in [-0.4, -0.2) is 58.2 Å². The van der Waals surface area contributed by atoms with E-state index in [4.69, 9.17) is 14.5 Å². The van der Waals surface area contributed by atoms with Crippen molar-refractivity contribution >= 4 is 39.9 Å². The van der Waals surface area contributed by atoms with Crippen molar-refractivity contribution in [2.24, 2.45) is 0 Å². The second-order valence-electron chi connectivity index (χ2n) is 12.1. The Morgan fingerprint density at radius 1 is 1.07 bits per heavy atom. The second-order valence-corrected chi connectivity index (χ2v) is 12.1. The molecule has 6 heterocycles. The number of nitrogens with one attached hydrogen (secondary N) is 1. The Hall–Kier alpha value is -5.13. The van der Waals surface area contributed by atoms with Gasteiger partial charge in [-0.1, -0.05) is 6.08 Å². The number of halogens is 1. The third-order valence-electron chi connectivity index (χ3n) is 7.81. The molecular formula is C32H31FN8O3. The predicted octanol–water partition coefficient (Wildman–Crippen LogP) is 6.61. The molecule has 7 rings (SSSR count). The zero-order chi connectivity index (χ0) is 30.6. The van der Waals surface area contributed by atoms with E-state index in [9.17, 15) is 4.79 Å². The van der Waals surface area contributed by atoms with Gasteiger partial charge in [0, 0.05) is 24.4 Å². The van der Waals surface area contributed by atoms with E-state index in [0.717, 1.165) is 29.7 Å². The molecule has 1 fully saturated rings. The highest BCUT2D eigenvalue weighted by Gasteiger charge is 2.42. The molecule has 1 aromatic carbocycles. The van der Waals surface area contributed by atoms with Gasteiger partial charge in [0.25, 0.3) is 0 Å².